The third-order valence-electron chi connectivity index (χ3n) is 2.36. The second-order valence-corrected chi connectivity index (χ2v) is 4.77. The minimum Gasteiger partial charge on any atom is -0.456 e. The van der Waals surface area contributed by atoms with E-state index in [0.717, 1.165) is 16.4 Å². The number of nitrogens with two attached hydrogens (primary N) is 1. The lowest BCUT2D eigenvalue weighted by Gasteiger charge is -2.09. The highest BCUT2D eigenvalue weighted by Crippen LogP contribution is 2.30. The molecule has 0 saturated heterocycles. The predicted octanol–water partition coefficient (Wildman–Crippen LogP) is 2.40. The molecule has 0 bridgehead atoms. The Kier molecular flexibility index (Phi) is 4.14. The van der Waals surface area contributed by atoms with E-state index >= 15 is 0 Å². The third-order valence-corrected chi connectivity index (χ3v) is 3.28. The highest BCUT2D eigenvalue weighted by Gasteiger charge is 2.10. The molecule has 17 heavy (non-hydrogen) atoms. The molecule has 0 aliphatic carbocycles. The van der Waals surface area contributed by atoms with Crippen molar-refractivity contribution < 1.29 is 9.84 Å². The maximum Gasteiger partial charge on any atom is 0.141 e. The van der Waals surface area contributed by atoms with E-state index in [1.807, 2.05) is 41.8 Å². The molecule has 3 N–H and O–H groups in total. The Morgan fingerprint density at radius 3 is 2.71 bits per heavy atom. The molecular weight excluding hydrogens is 234 g/mol. The first-order valence-corrected chi connectivity index (χ1v) is 6.33. The van der Waals surface area contributed by atoms with Crippen LogP contribution >= 0.6 is 11.3 Å². The molecule has 0 saturated carbocycles. The molecule has 1 unspecified atom stereocenters. The normalized spacial score (nSPS) is 12.4. The van der Waals surface area contributed by atoms with Gasteiger partial charge in [-0.2, -0.15) is 0 Å². The standard InChI is InChI=1S/C13H15NO2S/c14-10(9-15)8-13-12(6-7-17-13)16-11-4-2-1-3-5-11/h1-7,10,15H,8-9,14H2. The molecule has 0 aliphatic heterocycles. The van der Waals surface area contributed by atoms with Crippen LogP contribution in [-0.4, -0.2) is 17.8 Å². The summed E-state index contributed by atoms with van der Waals surface area (Å²) in [4.78, 5) is 1.07. The van der Waals surface area contributed by atoms with Gasteiger partial charge >= 0.3 is 0 Å². The van der Waals surface area contributed by atoms with Crippen LogP contribution in [0, 0.1) is 0 Å². The molecule has 3 nitrogen and oxygen atoms in total. The number of thiophene rings is 1. The van der Waals surface area contributed by atoms with Crippen molar-refractivity contribution in [2.45, 2.75) is 12.5 Å². The molecule has 90 valence electrons. The van der Waals surface area contributed by atoms with Crippen LogP contribution in [0.5, 0.6) is 11.5 Å². The van der Waals surface area contributed by atoms with Gasteiger partial charge in [0, 0.05) is 17.3 Å². The van der Waals surface area contributed by atoms with Gasteiger partial charge in [0.25, 0.3) is 0 Å². The van der Waals surface area contributed by atoms with E-state index in [-0.39, 0.29) is 12.6 Å². The zero-order chi connectivity index (χ0) is 12.1. The van der Waals surface area contributed by atoms with E-state index < -0.39 is 0 Å². The Hall–Kier alpha value is -1.36. The topological polar surface area (TPSA) is 55.5 Å². The van der Waals surface area contributed by atoms with Gasteiger partial charge in [0.05, 0.1) is 6.61 Å². The fourth-order valence-corrected chi connectivity index (χ4v) is 2.38. The van der Waals surface area contributed by atoms with Crippen molar-refractivity contribution in [1.82, 2.24) is 0 Å². The summed E-state index contributed by atoms with van der Waals surface area (Å²) in [5.74, 6) is 1.63. The summed E-state index contributed by atoms with van der Waals surface area (Å²) in [6, 6.07) is 11.3. The molecule has 4 heteroatoms. The van der Waals surface area contributed by atoms with Crippen LogP contribution in [-0.2, 0) is 6.42 Å². The molecule has 1 aromatic carbocycles. The number of hydrogen-bond donors (Lipinski definition) is 2. The Morgan fingerprint density at radius 1 is 1.24 bits per heavy atom. The van der Waals surface area contributed by atoms with Crippen molar-refractivity contribution in [2.24, 2.45) is 5.73 Å². The zero-order valence-corrected chi connectivity index (χ0v) is 10.2. The molecular formula is C13H15NO2S. The highest BCUT2D eigenvalue weighted by atomic mass is 32.1. The summed E-state index contributed by atoms with van der Waals surface area (Å²) in [5.41, 5.74) is 5.73. The predicted molar refractivity (Wildman–Crippen MR) is 69.6 cm³/mol. The fraction of sp³-hybridized carbons (Fsp3) is 0.231. The summed E-state index contributed by atoms with van der Waals surface area (Å²) in [6.07, 6.45) is 0.635. The fourth-order valence-electron chi connectivity index (χ4n) is 1.49. The average molecular weight is 249 g/mol. The number of aliphatic hydroxyl groups excluding tert-OH is 1. The molecule has 0 spiro atoms. The van der Waals surface area contributed by atoms with Crippen LogP contribution in [0.3, 0.4) is 0 Å². The van der Waals surface area contributed by atoms with Gasteiger partial charge in [0.2, 0.25) is 0 Å². The Balaban J connectivity index is 2.09. The molecule has 0 radical (unpaired) electrons. The number of ether oxygens (including phenoxy) is 1. The van der Waals surface area contributed by atoms with E-state index in [9.17, 15) is 0 Å². The summed E-state index contributed by atoms with van der Waals surface area (Å²) >= 11 is 1.60. The lowest BCUT2D eigenvalue weighted by Crippen LogP contribution is -2.26. The number of benzene rings is 1. The van der Waals surface area contributed by atoms with E-state index in [4.69, 9.17) is 15.6 Å². The summed E-state index contributed by atoms with van der Waals surface area (Å²) in [6.45, 7) is -0.0112. The molecule has 1 heterocycles. The van der Waals surface area contributed by atoms with Gasteiger partial charge in [-0.05, 0) is 23.6 Å². The van der Waals surface area contributed by atoms with Crippen LogP contribution in [0.2, 0.25) is 0 Å². The number of rotatable bonds is 5. The first kappa shape index (κ1) is 12.1. The van der Waals surface area contributed by atoms with Gasteiger partial charge in [-0.1, -0.05) is 18.2 Å². The summed E-state index contributed by atoms with van der Waals surface area (Å²) in [5, 5.41) is 10.9. The first-order valence-electron chi connectivity index (χ1n) is 5.45. The van der Waals surface area contributed by atoms with Crippen LogP contribution in [0.15, 0.2) is 41.8 Å². The maximum atomic E-state index is 8.95. The van der Waals surface area contributed by atoms with Crippen molar-refractivity contribution in [1.29, 1.82) is 0 Å². The van der Waals surface area contributed by atoms with Crippen LogP contribution in [0.4, 0.5) is 0 Å². The van der Waals surface area contributed by atoms with Crippen molar-refractivity contribution in [3.8, 4) is 11.5 Å². The molecule has 2 rings (SSSR count). The van der Waals surface area contributed by atoms with E-state index in [2.05, 4.69) is 0 Å². The molecule has 0 aliphatic rings. The van der Waals surface area contributed by atoms with Crippen LogP contribution < -0.4 is 10.5 Å². The van der Waals surface area contributed by atoms with Gasteiger partial charge in [0.15, 0.2) is 0 Å². The lowest BCUT2D eigenvalue weighted by molar-refractivity contribution is 0.265. The van der Waals surface area contributed by atoms with Crippen LogP contribution in [0.1, 0.15) is 4.88 Å². The summed E-state index contributed by atoms with van der Waals surface area (Å²) in [7, 11) is 0. The first-order chi connectivity index (χ1) is 8.29. The van der Waals surface area contributed by atoms with E-state index in [0.29, 0.717) is 6.42 Å². The Labute approximate surface area is 104 Å². The zero-order valence-electron chi connectivity index (χ0n) is 9.37. The second kappa shape index (κ2) is 5.82. The van der Waals surface area contributed by atoms with Gasteiger partial charge < -0.3 is 15.6 Å². The van der Waals surface area contributed by atoms with Crippen molar-refractivity contribution in [3.63, 3.8) is 0 Å². The summed E-state index contributed by atoms with van der Waals surface area (Å²) < 4.78 is 5.77. The second-order valence-electron chi connectivity index (χ2n) is 3.77. The van der Waals surface area contributed by atoms with Crippen molar-refractivity contribution in [3.05, 3.63) is 46.7 Å². The number of para-hydroxylation sites is 1. The van der Waals surface area contributed by atoms with Gasteiger partial charge in [0.1, 0.15) is 11.5 Å². The Bertz CT molecular complexity index is 455. The minimum atomic E-state index is -0.230. The van der Waals surface area contributed by atoms with Gasteiger partial charge in [-0.3, -0.25) is 0 Å². The number of hydrogen-bond acceptors (Lipinski definition) is 4. The van der Waals surface area contributed by atoms with Crippen molar-refractivity contribution in [2.75, 3.05) is 6.61 Å². The molecule has 0 amide bonds. The van der Waals surface area contributed by atoms with E-state index in [1.54, 1.807) is 11.3 Å². The van der Waals surface area contributed by atoms with E-state index in [1.165, 1.54) is 0 Å². The largest absolute Gasteiger partial charge is 0.456 e. The SMILES string of the molecule is NC(CO)Cc1sccc1Oc1ccccc1. The van der Waals surface area contributed by atoms with Gasteiger partial charge in [-0.15, -0.1) is 11.3 Å². The quantitative estimate of drug-likeness (QED) is 0.855. The number of aliphatic hydroxyl groups is 1. The monoisotopic (exact) mass is 249 g/mol. The Morgan fingerprint density at radius 2 is 2.00 bits per heavy atom. The van der Waals surface area contributed by atoms with Gasteiger partial charge in [-0.25, -0.2) is 0 Å². The molecule has 0 fully saturated rings. The lowest BCUT2D eigenvalue weighted by atomic mass is 10.2. The molecule has 1 atom stereocenters. The maximum absolute atomic E-state index is 8.95. The molecule has 1 aromatic heterocycles. The van der Waals surface area contributed by atoms with Crippen molar-refractivity contribution >= 4 is 11.3 Å². The minimum absolute atomic E-state index is 0.0112. The molecule has 2 aromatic rings. The third kappa shape index (κ3) is 3.30. The average Bonchev–Trinajstić information content (AvgIpc) is 2.78. The highest BCUT2D eigenvalue weighted by molar-refractivity contribution is 7.10. The smallest absolute Gasteiger partial charge is 0.141 e. The van der Waals surface area contributed by atoms with Crippen LogP contribution in [0.25, 0.3) is 0 Å².